The second-order valence-corrected chi connectivity index (χ2v) is 7.72. The van der Waals surface area contributed by atoms with E-state index in [9.17, 15) is 4.79 Å². The lowest BCUT2D eigenvalue weighted by atomic mass is 10.0. The van der Waals surface area contributed by atoms with E-state index in [0.717, 1.165) is 18.8 Å². The van der Waals surface area contributed by atoms with Gasteiger partial charge >= 0.3 is 0 Å². The number of benzene rings is 2. The second kappa shape index (κ2) is 10.7. The Morgan fingerprint density at radius 2 is 1.74 bits per heavy atom. The maximum Gasteiger partial charge on any atom is 0.258 e. The smallest absolute Gasteiger partial charge is 0.258 e. The summed E-state index contributed by atoms with van der Waals surface area (Å²) in [7, 11) is 0. The van der Waals surface area contributed by atoms with Crippen molar-refractivity contribution < 1.29 is 9.53 Å². The van der Waals surface area contributed by atoms with Crippen LogP contribution in [0.15, 0.2) is 60.9 Å². The van der Waals surface area contributed by atoms with Gasteiger partial charge in [-0.15, -0.1) is 5.10 Å². The highest BCUT2D eigenvalue weighted by molar-refractivity contribution is 5.77. The lowest BCUT2D eigenvalue weighted by Gasteiger charge is -2.31. The predicted octanol–water partition coefficient (Wildman–Crippen LogP) is 2.77. The first-order valence-electron chi connectivity index (χ1n) is 10.8. The number of ether oxygens (including phenoxy) is 1. The summed E-state index contributed by atoms with van der Waals surface area (Å²) in [6.45, 7) is 2.69. The summed E-state index contributed by atoms with van der Waals surface area (Å²) < 4.78 is 7.22. The van der Waals surface area contributed by atoms with Gasteiger partial charge in [-0.25, -0.2) is 4.68 Å². The van der Waals surface area contributed by atoms with Crippen LogP contribution >= 0.6 is 0 Å². The number of rotatable bonds is 8. The van der Waals surface area contributed by atoms with Gasteiger partial charge in [-0.1, -0.05) is 43.2 Å². The molecule has 0 spiro atoms. The minimum Gasteiger partial charge on any atom is -0.484 e. The third-order valence-electron chi connectivity index (χ3n) is 5.58. The number of nitrogens with one attached hydrogen (secondary N) is 1. The first-order chi connectivity index (χ1) is 15.3. The van der Waals surface area contributed by atoms with E-state index in [2.05, 4.69) is 50.0 Å². The van der Waals surface area contributed by atoms with Crippen LogP contribution in [0.25, 0.3) is 5.69 Å². The van der Waals surface area contributed by atoms with Crippen LogP contribution in [0.1, 0.15) is 37.3 Å². The monoisotopic (exact) mass is 420 g/mol. The fourth-order valence-corrected chi connectivity index (χ4v) is 3.92. The highest BCUT2D eigenvalue weighted by atomic mass is 16.5. The Labute approximate surface area is 182 Å². The van der Waals surface area contributed by atoms with Gasteiger partial charge < -0.3 is 10.1 Å². The van der Waals surface area contributed by atoms with Crippen LogP contribution in [0.4, 0.5) is 0 Å². The molecule has 31 heavy (non-hydrogen) atoms. The molecule has 1 saturated heterocycles. The van der Waals surface area contributed by atoms with Crippen LogP contribution in [0, 0.1) is 0 Å². The van der Waals surface area contributed by atoms with Crippen molar-refractivity contribution in [2.24, 2.45) is 0 Å². The van der Waals surface area contributed by atoms with Crippen molar-refractivity contribution in [3.63, 3.8) is 0 Å². The summed E-state index contributed by atoms with van der Waals surface area (Å²) in [5, 5.41) is 14.2. The molecule has 8 nitrogen and oxygen atoms in total. The molecule has 0 aliphatic carbocycles. The molecule has 4 rings (SSSR count). The third-order valence-corrected chi connectivity index (χ3v) is 5.58. The van der Waals surface area contributed by atoms with Crippen molar-refractivity contribution in [2.45, 2.75) is 31.7 Å². The van der Waals surface area contributed by atoms with Gasteiger partial charge in [-0.05, 0) is 66.2 Å². The number of amides is 1. The molecule has 0 bridgehead atoms. The zero-order chi connectivity index (χ0) is 21.3. The van der Waals surface area contributed by atoms with Crippen LogP contribution < -0.4 is 10.1 Å². The molecular weight excluding hydrogens is 392 g/mol. The van der Waals surface area contributed by atoms with E-state index in [1.807, 2.05) is 18.2 Å². The number of carbonyl (C=O) groups is 1. The van der Waals surface area contributed by atoms with Gasteiger partial charge in [0.15, 0.2) is 6.61 Å². The molecule has 0 unspecified atom stereocenters. The SMILES string of the molecule is O=C(COc1ccc(-n2cnnn2)cc1)NC[C@@H](c1ccccc1)N1CCCCCC1. The summed E-state index contributed by atoms with van der Waals surface area (Å²) >= 11 is 0. The minimum absolute atomic E-state index is 0.0221. The van der Waals surface area contributed by atoms with E-state index < -0.39 is 0 Å². The van der Waals surface area contributed by atoms with Gasteiger partial charge in [0.2, 0.25) is 0 Å². The Kier molecular flexibility index (Phi) is 7.23. The Morgan fingerprint density at radius 3 is 2.42 bits per heavy atom. The standard InChI is InChI=1S/C23H28N6O2/c30-23(17-31-21-12-10-20(11-13-21)29-18-25-26-27-29)24-16-22(19-8-4-3-5-9-19)28-14-6-1-2-7-15-28/h3-5,8-13,18,22H,1-2,6-7,14-17H2,(H,24,30)/t22-/m0/s1. The summed E-state index contributed by atoms with van der Waals surface area (Å²) in [4.78, 5) is 15.0. The molecule has 2 heterocycles. The molecule has 1 aliphatic heterocycles. The van der Waals surface area contributed by atoms with Crippen molar-refractivity contribution in [2.75, 3.05) is 26.2 Å². The van der Waals surface area contributed by atoms with E-state index in [-0.39, 0.29) is 18.6 Å². The zero-order valence-electron chi connectivity index (χ0n) is 17.6. The van der Waals surface area contributed by atoms with Crippen LogP contribution in [-0.2, 0) is 4.79 Å². The van der Waals surface area contributed by atoms with Crippen LogP contribution in [0.5, 0.6) is 5.75 Å². The van der Waals surface area contributed by atoms with Gasteiger partial charge in [0.05, 0.1) is 11.7 Å². The maximum atomic E-state index is 12.5. The van der Waals surface area contributed by atoms with Crippen LogP contribution in [0.3, 0.4) is 0 Å². The Hall–Kier alpha value is -3.26. The lowest BCUT2D eigenvalue weighted by Crippen LogP contribution is -2.40. The van der Waals surface area contributed by atoms with E-state index >= 15 is 0 Å². The number of aromatic nitrogens is 4. The van der Waals surface area contributed by atoms with E-state index in [1.54, 1.807) is 16.8 Å². The summed E-state index contributed by atoms with van der Waals surface area (Å²) in [6, 6.07) is 17.9. The summed E-state index contributed by atoms with van der Waals surface area (Å²) in [5.41, 5.74) is 2.06. The van der Waals surface area contributed by atoms with Gasteiger partial charge in [0.1, 0.15) is 12.1 Å². The van der Waals surface area contributed by atoms with Crippen LogP contribution in [-0.4, -0.2) is 57.3 Å². The quantitative estimate of drug-likeness (QED) is 0.603. The third kappa shape index (κ3) is 5.88. The van der Waals surface area contributed by atoms with Gasteiger partial charge in [-0.2, -0.15) is 0 Å². The molecule has 1 N–H and O–H groups in total. The molecule has 1 aliphatic rings. The Bertz CT molecular complexity index is 922. The van der Waals surface area contributed by atoms with Crippen molar-refractivity contribution in [1.82, 2.24) is 30.4 Å². The lowest BCUT2D eigenvalue weighted by molar-refractivity contribution is -0.123. The average molecular weight is 421 g/mol. The summed E-state index contributed by atoms with van der Waals surface area (Å²) in [5.74, 6) is 0.499. The van der Waals surface area contributed by atoms with E-state index in [1.165, 1.54) is 37.6 Å². The number of hydrogen-bond donors (Lipinski definition) is 1. The fraction of sp³-hybridized carbons (Fsp3) is 0.391. The Morgan fingerprint density at radius 1 is 1.00 bits per heavy atom. The molecule has 1 amide bonds. The molecular formula is C23H28N6O2. The first kappa shape index (κ1) is 21.0. The topological polar surface area (TPSA) is 85.2 Å². The van der Waals surface area contributed by atoms with Gasteiger partial charge in [-0.3, -0.25) is 9.69 Å². The largest absolute Gasteiger partial charge is 0.484 e. The number of carbonyl (C=O) groups excluding carboxylic acids is 1. The van der Waals surface area contributed by atoms with E-state index in [0.29, 0.717) is 12.3 Å². The van der Waals surface area contributed by atoms with Crippen molar-refractivity contribution in [3.8, 4) is 11.4 Å². The van der Waals surface area contributed by atoms with Crippen molar-refractivity contribution >= 4 is 5.91 Å². The van der Waals surface area contributed by atoms with Crippen LogP contribution in [0.2, 0.25) is 0 Å². The highest BCUT2D eigenvalue weighted by Gasteiger charge is 2.22. The molecule has 0 radical (unpaired) electrons. The predicted molar refractivity (Wildman–Crippen MR) is 117 cm³/mol. The fourth-order valence-electron chi connectivity index (χ4n) is 3.92. The normalized spacial score (nSPS) is 15.7. The number of hydrogen-bond acceptors (Lipinski definition) is 6. The average Bonchev–Trinajstić information content (AvgIpc) is 3.22. The highest BCUT2D eigenvalue weighted by Crippen LogP contribution is 2.23. The van der Waals surface area contributed by atoms with Gasteiger partial charge in [0.25, 0.3) is 5.91 Å². The molecule has 3 aromatic rings. The Balaban J connectivity index is 1.31. The first-order valence-corrected chi connectivity index (χ1v) is 10.8. The summed E-state index contributed by atoms with van der Waals surface area (Å²) in [6.07, 6.45) is 6.51. The maximum absolute atomic E-state index is 12.5. The minimum atomic E-state index is -0.125. The molecule has 1 aromatic heterocycles. The number of likely N-dealkylation sites (tertiary alicyclic amines) is 1. The molecule has 8 heteroatoms. The second-order valence-electron chi connectivity index (χ2n) is 7.72. The molecule has 0 saturated carbocycles. The number of tetrazole rings is 1. The van der Waals surface area contributed by atoms with Crippen molar-refractivity contribution in [1.29, 1.82) is 0 Å². The number of nitrogens with zero attached hydrogens (tertiary/aromatic N) is 5. The van der Waals surface area contributed by atoms with Gasteiger partial charge in [0, 0.05) is 6.54 Å². The molecule has 162 valence electrons. The molecule has 1 atom stereocenters. The molecule has 1 fully saturated rings. The zero-order valence-corrected chi connectivity index (χ0v) is 17.6. The van der Waals surface area contributed by atoms with E-state index in [4.69, 9.17) is 4.74 Å². The molecule has 2 aromatic carbocycles. The van der Waals surface area contributed by atoms with Crippen molar-refractivity contribution in [3.05, 3.63) is 66.5 Å².